The predicted octanol–water partition coefficient (Wildman–Crippen LogP) is 2.40. The number of carbonyl (C=O) groups excluding carboxylic acids is 3. The lowest BCUT2D eigenvalue weighted by Gasteiger charge is -2.10. The van der Waals surface area contributed by atoms with Crippen molar-refractivity contribution in [3.8, 4) is 11.5 Å². The fraction of sp³-hybridized carbons (Fsp3) is 0.400. The number of aromatic nitrogens is 1. The van der Waals surface area contributed by atoms with Crippen LogP contribution in [-0.2, 0) is 20.7 Å². The van der Waals surface area contributed by atoms with Crippen LogP contribution in [0, 0.1) is 0 Å². The summed E-state index contributed by atoms with van der Waals surface area (Å²) in [5, 5.41) is 2.33. The van der Waals surface area contributed by atoms with Crippen LogP contribution in [0.5, 0.6) is 11.5 Å². The number of hydrogen-bond acceptors (Lipinski definition) is 8. The summed E-state index contributed by atoms with van der Waals surface area (Å²) < 4.78 is 16.2. The highest BCUT2D eigenvalue weighted by molar-refractivity contribution is 7.14. The van der Waals surface area contributed by atoms with Crippen molar-refractivity contribution >= 4 is 34.1 Å². The third-order valence-electron chi connectivity index (χ3n) is 4.60. The zero-order valence-corrected chi connectivity index (χ0v) is 16.5. The monoisotopic (exact) mass is 416 g/mol. The zero-order chi connectivity index (χ0) is 20.2. The maximum Gasteiger partial charge on any atom is 0.312 e. The molecule has 2 aromatic rings. The minimum Gasteiger partial charge on any atom is -0.490 e. The molecule has 0 aliphatic carbocycles. The fourth-order valence-corrected chi connectivity index (χ4v) is 3.98. The van der Waals surface area contributed by atoms with E-state index in [1.807, 2.05) is 0 Å². The number of nitrogens with zero attached hydrogens (tertiary/aromatic N) is 2. The van der Waals surface area contributed by atoms with Gasteiger partial charge in [0.25, 0.3) is 0 Å². The molecule has 4 rings (SSSR count). The van der Waals surface area contributed by atoms with Crippen molar-refractivity contribution in [2.45, 2.75) is 25.7 Å². The quantitative estimate of drug-likeness (QED) is 0.527. The van der Waals surface area contributed by atoms with Gasteiger partial charge in [0, 0.05) is 30.3 Å². The number of benzene rings is 1. The maximum atomic E-state index is 12.4. The Hall–Kier alpha value is -2.94. The van der Waals surface area contributed by atoms with Crippen molar-refractivity contribution < 1.29 is 28.6 Å². The molecular formula is C20H20N2O6S. The van der Waals surface area contributed by atoms with Crippen LogP contribution in [0.4, 0.5) is 5.13 Å². The number of thiazole rings is 1. The van der Waals surface area contributed by atoms with Crippen molar-refractivity contribution in [2.24, 2.45) is 0 Å². The average Bonchev–Trinajstić information content (AvgIpc) is 3.27. The van der Waals surface area contributed by atoms with Gasteiger partial charge in [0.2, 0.25) is 5.91 Å². The van der Waals surface area contributed by atoms with Crippen molar-refractivity contribution in [2.75, 3.05) is 31.3 Å². The molecule has 0 atom stereocenters. The van der Waals surface area contributed by atoms with E-state index in [1.165, 1.54) is 11.3 Å². The molecule has 0 spiro atoms. The smallest absolute Gasteiger partial charge is 0.312 e. The molecule has 0 N–H and O–H groups in total. The number of rotatable bonds is 6. The lowest BCUT2D eigenvalue weighted by molar-refractivity contribution is -0.141. The second-order valence-corrected chi connectivity index (χ2v) is 7.58. The van der Waals surface area contributed by atoms with Crippen LogP contribution in [0.1, 0.15) is 35.3 Å². The zero-order valence-electron chi connectivity index (χ0n) is 15.7. The number of fused-ring (bicyclic) bond motifs is 1. The number of amides is 1. The highest BCUT2D eigenvalue weighted by atomic mass is 32.1. The van der Waals surface area contributed by atoms with Crippen molar-refractivity contribution in [1.82, 2.24) is 4.98 Å². The van der Waals surface area contributed by atoms with E-state index >= 15 is 0 Å². The third kappa shape index (κ3) is 4.56. The highest BCUT2D eigenvalue weighted by Crippen LogP contribution is 2.30. The molecule has 1 saturated heterocycles. The Morgan fingerprint density at radius 2 is 2.00 bits per heavy atom. The Morgan fingerprint density at radius 3 is 2.79 bits per heavy atom. The molecule has 152 valence electrons. The average molecular weight is 416 g/mol. The number of hydrogen-bond donors (Lipinski definition) is 0. The number of esters is 1. The van der Waals surface area contributed by atoms with E-state index in [0.717, 1.165) is 12.8 Å². The molecule has 0 bridgehead atoms. The molecule has 1 aromatic carbocycles. The first-order valence-electron chi connectivity index (χ1n) is 9.43. The summed E-state index contributed by atoms with van der Waals surface area (Å²) in [5.74, 6) is 0.306. The van der Waals surface area contributed by atoms with Gasteiger partial charge in [0.1, 0.15) is 0 Å². The van der Waals surface area contributed by atoms with Gasteiger partial charge in [-0.1, -0.05) is 0 Å². The summed E-state index contributed by atoms with van der Waals surface area (Å²) in [5.41, 5.74) is 0.920. The number of carbonyl (C=O) groups is 3. The van der Waals surface area contributed by atoms with Gasteiger partial charge in [-0.3, -0.25) is 19.3 Å². The Bertz CT molecular complexity index is 941. The van der Waals surface area contributed by atoms with Gasteiger partial charge in [-0.2, -0.15) is 0 Å². The van der Waals surface area contributed by atoms with Crippen LogP contribution in [0.3, 0.4) is 0 Å². The molecule has 9 heteroatoms. The van der Waals surface area contributed by atoms with E-state index in [1.54, 1.807) is 28.5 Å². The van der Waals surface area contributed by atoms with Crippen LogP contribution in [-0.4, -0.2) is 49.0 Å². The van der Waals surface area contributed by atoms with E-state index in [2.05, 4.69) is 4.98 Å². The fourth-order valence-electron chi connectivity index (χ4n) is 3.12. The number of anilines is 1. The third-order valence-corrected chi connectivity index (χ3v) is 5.52. The summed E-state index contributed by atoms with van der Waals surface area (Å²) >= 11 is 1.32. The molecule has 0 saturated carbocycles. The lowest BCUT2D eigenvalue weighted by Crippen LogP contribution is -2.23. The first-order valence-corrected chi connectivity index (χ1v) is 10.3. The van der Waals surface area contributed by atoms with Gasteiger partial charge in [-0.05, 0) is 24.6 Å². The van der Waals surface area contributed by atoms with Gasteiger partial charge in [-0.15, -0.1) is 11.3 Å². The molecule has 8 nitrogen and oxygen atoms in total. The van der Waals surface area contributed by atoms with Crippen LogP contribution < -0.4 is 14.4 Å². The molecule has 0 radical (unpaired) electrons. The Balaban J connectivity index is 1.30. The highest BCUT2D eigenvalue weighted by Gasteiger charge is 2.24. The number of ether oxygens (including phenoxy) is 3. The normalized spacial score (nSPS) is 15.9. The molecular weight excluding hydrogens is 396 g/mol. The minimum absolute atomic E-state index is 0.0487. The van der Waals surface area contributed by atoms with Crippen LogP contribution in [0.2, 0.25) is 0 Å². The summed E-state index contributed by atoms with van der Waals surface area (Å²) in [4.78, 5) is 42.2. The van der Waals surface area contributed by atoms with Gasteiger partial charge in [-0.25, -0.2) is 4.98 Å². The van der Waals surface area contributed by atoms with E-state index in [0.29, 0.717) is 54.1 Å². The van der Waals surface area contributed by atoms with Crippen molar-refractivity contribution in [3.63, 3.8) is 0 Å². The molecule has 1 aromatic heterocycles. The predicted molar refractivity (Wildman–Crippen MR) is 105 cm³/mol. The minimum atomic E-state index is -0.544. The SMILES string of the molecule is O=C(Cc1csc(N2CCCC2=O)n1)OCC(=O)c1ccc2c(c1)OCCCO2. The second-order valence-electron chi connectivity index (χ2n) is 6.74. The lowest BCUT2D eigenvalue weighted by atomic mass is 10.1. The molecule has 2 aliphatic rings. The van der Waals surface area contributed by atoms with E-state index in [-0.39, 0.29) is 24.7 Å². The Labute approximate surface area is 171 Å². The number of ketones is 1. The van der Waals surface area contributed by atoms with Gasteiger partial charge in [0.15, 0.2) is 29.0 Å². The van der Waals surface area contributed by atoms with E-state index in [9.17, 15) is 14.4 Å². The molecule has 2 aliphatic heterocycles. The van der Waals surface area contributed by atoms with Gasteiger partial charge in [0.05, 0.1) is 25.3 Å². The first-order chi connectivity index (χ1) is 14.1. The first kappa shape index (κ1) is 19.4. The second kappa shape index (κ2) is 8.60. The van der Waals surface area contributed by atoms with Gasteiger partial charge < -0.3 is 14.2 Å². The van der Waals surface area contributed by atoms with Gasteiger partial charge >= 0.3 is 5.97 Å². The van der Waals surface area contributed by atoms with Crippen LogP contribution in [0.25, 0.3) is 0 Å². The number of Topliss-reactive ketones (excluding diaryl/α,β-unsaturated/α-hetero) is 1. The van der Waals surface area contributed by atoms with Crippen molar-refractivity contribution in [3.05, 3.63) is 34.8 Å². The van der Waals surface area contributed by atoms with Crippen molar-refractivity contribution in [1.29, 1.82) is 0 Å². The molecule has 0 unspecified atom stereocenters. The topological polar surface area (TPSA) is 95.0 Å². The van der Waals surface area contributed by atoms with Crippen LogP contribution >= 0.6 is 11.3 Å². The summed E-state index contributed by atoms with van der Waals surface area (Å²) in [6, 6.07) is 4.92. The Kier molecular flexibility index (Phi) is 5.75. The standard InChI is InChI=1S/C20H20N2O6S/c23-15(13-4-5-16-17(9-13)27-8-2-7-26-16)11-28-19(25)10-14-12-29-20(21-14)22-6-1-3-18(22)24/h4-5,9,12H,1-3,6-8,10-11H2. The molecule has 1 fully saturated rings. The summed E-state index contributed by atoms with van der Waals surface area (Å²) in [6.07, 6.45) is 2.07. The van der Waals surface area contributed by atoms with E-state index < -0.39 is 5.97 Å². The molecule has 1 amide bonds. The molecule has 3 heterocycles. The largest absolute Gasteiger partial charge is 0.490 e. The maximum absolute atomic E-state index is 12.4. The summed E-state index contributed by atoms with van der Waals surface area (Å²) in [6.45, 7) is 1.39. The van der Waals surface area contributed by atoms with Crippen LogP contribution in [0.15, 0.2) is 23.6 Å². The molecule has 29 heavy (non-hydrogen) atoms. The Morgan fingerprint density at radius 1 is 1.17 bits per heavy atom. The summed E-state index contributed by atoms with van der Waals surface area (Å²) in [7, 11) is 0. The van der Waals surface area contributed by atoms with E-state index in [4.69, 9.17) is 14.2 Å².